The molecule has 5 rings (SSSR count). The minimum absolute atomic E-state index is 0.00726. The number of hydrogen-bond donors (Lipinski definition) is 3. The van der Waals surface area contributed by atoms with E-state index in [-0.39, 0.29) is 33.1 Å². The lowest BCUT2D eigenvalue weighted by Gasteiger charge is -2.20. The molecular formula is C22H16ClF3N4O2. The number of amides is 1. The summed E-state index contributed by atoms with van der Waals surface area (Å²) in [6, 6.07) is 6.57. The van der Waals surface area contributed by atoms with E-state index in [0.29, 0.717) is 11.4 Å². The molecule has 1 aromatic carbocycles. The number of pyridine rings is 2. The van der Waals surface area contributed by atoms with E-state index in [2.05, 4.69) is 20.6 Å². The minimum atomic E-state index is -3.78. The molecule has 0 spiro atoms. The van der Waals surface area contributed by atoms with Crippen molar-refractivity contribution in [3.05, 3.63) is 69.0 Å². The summed E-state index contributed by atoms with van der Waals surface area (Å²) in [5.41, 5.74) is -0.709. The zero-order valence-corrected chi connectivity index (χ0v) is 17.4. The second kappa shape index (κ2) is 6.83. The van der Waals surface area contributed by atoms with Crippen LogP contribution in [0.15, 0.2) is 41.3 Å². The van der Waals surface area contributed by atoms with Gasteiger partial charge in [-0.1, -0.05) is 18.5 Å². The molecule has 1 aliphatic heterocycles. The van der Waals surface area contributed by atoms with Gasteiger partial charge in [-0.2, -0.15) is 8.78 Å². The molecule has 0 atom stereocenters. The maximum absolute atomic E-state index is 14.5. The summed E-state index contributed by atoms with van der Waals surface area (Å²) in [5, 5.41) is 5.24. The highest BCUT2D eigenvalue weighted by Crippen LogP contribution is 2.51. The number of nitrogens with zero attached hydrogens (tertiary/aromatic N) is 1. The number of anilines is 3. The average molecular weight is 461 g/mol. The van der Waals surface area contributed by atoms with E-state index in [4.69, 9.17) is 11.6 Å². The third-order valence-electron chi connectivity index (χ3n) is 5.91. The molecule has 1 fully saturated rings. The van der Waals surface area contributed by atoms with E-state index in [0.717, 1.165) is 18.9 Å². The molecule has 1 amide bonds. The fourth-order valence-electron chi connectivity index (χ4n) is 3.87. The zero-order chi connectivity index (χ0) is 22.8. The van der Waals surface area contributed by atoms with Crippen LogP contribution < -0.4 is 16.2 Å². The number of nitrogens with one attached hydrogen (secondary N) is 3. The second-order valence-corrected chi connectivity index (χ2v) is 8.66. The van der Waals surface area contributed by atoms with Crippen LogP contribution in [0.5, 0.6) is 0 Å². The largest absolute Gasteiger partial charge is 0.355 e. The van der Waals surface area contributed by atoms with Crippen LogP contribution in [0.1, 0.15) is 31.0 Å². The number of carbonyl (C=O) groups is 1. The number of benzene rings is 1. The van der Waals surface area contributed by atoms with Gasteiger partial charge in [0.1, 0.15) is 11.6 Å². The standard InChI is InChI=1S/C22H16ClF3N4O2/c1-21(5-6-21)17-15(9-12(19(31)29-17)11-8-10(23)2-3-13(11)24)28-14-4-7-27-18-16(14)22(25,26)20(32)30-18/h2-4,7-9H,5-6H2,1H3,(H,29,31)(H2,27,28,30,32). The molecule has 1 saturated carbocycles. The Kier molecular flexibility index (Phi) is 4.39. The smallest absolute Gasteiger partial charge is 0.353 e. The Morgan fingerprint density at radius 3 is 2.56 bits per heavy atom. The molecule has 0 unspecified atom stereocenters. The Morgan fingerprint density at radius 2 is 1.84 bits per heavy atom. The molecule has 164 valence electrons. The number of fused-ring (bicyclic) bond motifs is 1. The normalized spacial score (nSPS) is 17.6. The summed E-state index contributed by atoms with van der Waals surface area (Å²) < 4.78 is 43.5. The Morgan fingerprint density at radius 1 is 1.09 bits per heavy atom. The van der Waals surface area contributed by atoms with Gasteiger partial charge in [-0.25, -0.2) is 9.37 Å². The summed E-state index contributed by atoms with van der Waals surface area (Å²) in [6.45, 7) is 1.93. The maximum Gasteiger partial charge on any atom is 0.355 e. The molecule has 0 bridgehead atoms. The van der Waals surface area contributed by atoms with Crippen LogP contribution in [0, 0.1) is 5.82 Å². The fraction of sp³-hybridized carbons (Fsp3) is 0.227. The van der Waals surface area contributed by atoms with Gasteiger partial charge < -0.3 is 15.6 Å². The molecule has 10 heteroatoms. The van der Waals surface area contributed by atoms with Crippen LogP contribution in [0.4, 0.5) is 30.4 Å². The lowest BCUT2D eigenvalue weighted by Crippen LogP contribution is -2.24. The molecule has 3 heterocycles. The van der Waals surface area contributed by atoms with Gasteiger partial charge in [0.05, 0.1) is 22.5 Å². The number of carbonyl (C=O) groups excluding carboxylic acids is 1. The van der Waals surface area contributed by atoms with Gasteiger partial charge in [-0.15, -0.1) is 0 Å². The predicted octanol–water partition coefficient (Wildman–Crippen LogP) is 5.07. The van der Waals surface area contributed by atoms with E-state index < -0.39 is 28.8 Å². The highest BCUT2D eigenvalue weighted by molar-refractivity contribution is 6.30. The topological polar surface area (TPSA) is 86.9 Å². The lowest BCUT2D eigenvalue weighted by atomic mass is 9.98. The fourth-order valence-corrected chi connectivity index (χ4v) is 4.04. The molecule has 32 heavy (non-hydrogen) atoms. The maximum atomic E-state index is 14.5. The Bertz CT molecular complexity index is 1350. The number of hydrogen-bond acceptors (Lipinski definition) is 4. The SMILES string of the molecule is CC1(c2[nH]c(=O)c(-c3cc(Cl)ccc3F)cc2Nc2ccnc3c2C(F)(F)C(=O)N3)CC1. The number of alkyl halides is 2. The van der Waals surface area contributed by atoms with Crippen LogP contribution in [-0.2, 0) is 16.1 Å². The molecule has 0 saturated heterocycles. The quantitative estimate of drug-likeness (QED) is 0.507. The van der Waals surface area contributed by atoms with E-state index in [1.165, 1.54) is 30.5 Å². The van der Waals surface area contributed by atoms with Crippen molar-refractivity contribution in [3.8, 4) is 11.1 Å². The summed E-state index contributed by atoms with van der Waals surface area (Å²) in [7, 11) is 0. The number of H-pyrrole nitrogens is 1. The molecule has 0 radical (unpaired) electrons. The minimum Gasteiger partial charge on any atom is -0.353 e. The van der Waals surface area contributed by atoms with Crippen LogP contribution >= 0.6 is 11.6 Å². The van der Waals surface area contributed by atoms with Crippen LogP contribution in [0.2, 0.25) is 5.02 Å². The molecule has 1 aliphatic carbocycles. The summed E-state index contributed by atoms with van der Waals surface area (Å²) >= 11 is 5.99. The second-order valence-electron chi connectivity index (χ2n) is 8.22. The zero-order valence-electron chi connectivity index (χ0n) is 16.7. The van der Waals surface area contributed by atoms with Gasteiger partial charge in [0.2, 0.25) is 0 Å². The van der Waals surface area contributed by atoms with Crippen molar-refractivity contribution in [2.24, 2.45) is 0 Å². The van der Waals surface area contributed by atoms with Crippen molar-refractivity contribution in [1.82, 2.24) is 9.97 Å². The van der Waals surface area contributed by atoms with Crippen molar-refractivity contribution in [1.29, 1.82) is 0 Å². The lowest BCUT2D eigenvalue weighted by molar-refractivity contribution is -0.139. The average Bonchev–Trinajstić information content (AvgIpc) is 3.43. The third kappa shape index (κ3) is 3.15. The predicted molar refractivity (Wildman–Crippen MR) is 114 cm³/mol. The van der Waals surface area contributed by atoms with E-state index in [1.807, 2.05) is 6.92 Å². The van der Waals surface area contributed by atoms with Crippen molar-refractivity contribution < 1.29 is 18.0 Å². The first kappa shape index (κ1) is 20.6. The van der Waals surface area contributed by atoms with Gasteiger partial charge in [0.25, 0.3) is 5.56 Å². The van der Waals surface area contributed by atoms with Crippen molar-refractivity contribution in [3.63, 3.8) is 0 Å². The highest BCUT2D eigenvalue weighted by Gasteiger charge is 2.51. The first-order chi connectivity index (χ1) is 15.1. The molecule has 2 aromatic heterocycles. The number of halogens is 4. The third-order valence-corrected chi connectivity index (χ3v) is 6.15. The van der Waals surface area contributed by atoms with E-state index >= 15 is 0 Å². The highest BCUT2D eigenvalue weighted by atomic mass is 35.5. The Balaban J connectivity index is 1.69. The van der Waals surface area contributed by atoms with Gasteiger partial charge in [0.15, 0.2) is 0 Å². The monoisotopic (exact) mass is 460 g/mol. The van der Waals surface area contributed by atoms with Gasteiger partial charge in [-0.3, -0.25) is 9.59 Å². The summed E-state index contributed by atoms with van der Waals surface area (Å²) in [5.74, 6) is -6.14. The molecule has 3 aromatic rings. The molecule has 3 N–H and O–H groups in total. The Hall–Kier alpha value is -3.33. The first-order valence-electron chi connectivity index (χ1n) is 9.79. The van der Waals surface area contributed by atoms with Gasteiger partial charge in [0, 0.05) is 27.9 Å². The van der Waals surface area contributed by atoms with Crippen LogP contribution in [0.25, 0.3) is 11.1 Å². The van der Waals surface area contributed by atoms with Crippen LogP contribution in [-0.4, -0.2) is 15.9 Å². The molecule has 2 aliphatic rings. The number of rotatable bonds is 4. The summed E-state index contributed by atoms with van der Waals surface area (Å²) in [4.78, 5) is 31.2. The van der Waals surface area contributed by atoms with Crippen molar-refractivity contribution in [2.45, 2.75) is 31.1 Å². The van der Waals surface area contributed by atoms with Gasteiger partial charge >= 0.3 is 11.8 Å². The van der Waals surface area contributed by atoms with E-state index in [1.54, 1.807) is 0 Å². The number of aromatic amines is 1. The van der Waals surface area contributed by atoms with E-state index in [9.17, 15) is 22.8 Å². The summed E-state index contributed by atoms with van der Waals surface area (Å²) in [6.07, 6.45) is 2.85. The van der Waals surface area contributed by atoms with Gasteiger partial charge in [-0.05, 0) is 43.2 Å². The molecular weight excluding hydrogens is 445 g/mol. The van der Waals surface area contributed by atoms with Crippen molar-refractivity contribution in [2.75, 3.05) is 10.6 Å². The van der Waals surface area contributed by atoms with Crippen molar-refractivity contribution >= 4 is 34.7 Å². The number of aromatic nitrogens is 2. The first-order valence-corrected chi connectivity index (χ1v) is 10.2. The van der Waals surface area contributed by atoms with Crippen LogP contribution in [0.3, 0.4) is 0 Å². The Labute approximate surface area is 184 Å². The molecule has 6 nitrogen and oxygen atoms in total.